The fourth-order valence-electron chi connectivity index (χ4n) is 2.11. The van der Waals surface area contributed by atoms with Gasteiger partial charge < -0.3 is 9.84 Å². The second-order valence-electron chi connectivity index (χ2n) is 8.09. The molecule has 3 heteroatoms. The van der Waals surface area contributed by atoms with Crippen LogP contribution in [0.4, 0.5) is 0 Å². The van der Waals surface area contributed by atoms with Crippen molar-refractivity contribution in [3.05, 3.63) is 91.0 Å². The molecule has 0 fully saturated rings. The van der Waals surface area contributed by atoms with Gasteiger partial charge in [-0.15, -0.1) is 0 Å². The van der Waals surface area contributed by atoms with Gasteiger partial charge in [-0.3, -0.25) is 0 Å². The molecule has 2 rings (SSSR count). The van der Waals surface area contributed by atoms with Crippen molar-refractivity contribution in [1.82, 2.24) is 0 Å². The summed E-state index contributed by atoms with van der Waals surface area (Å²) in [7, 11) is 0. The number of aromatic hydroxyl groups is 1. The molecule has 0 aliphatic heterocycles. The van der Waals surface area contributed by atoms with E-state index in [0.29, 0.717) is 11.7 Å². The van der Waals surface area contributed by atoms with Gasteiger partial charge in [0.15, 0.2) is 0 Å². The van der Waals surface area contributed by atoms with Crippen molar-refractivity contribution in [3.63, 3.8) is 0 Å². The van der Waals surface area contributed by atoms with Crippen molar-refractivity contribution in [2.24, 2.45) is 0 Å². The maximum Gasteiger partial charge on any atom is 0.330 e. The normalized spacial score (nSPS) is 9.97. The van der Waals surface area contributed by atoms with E-state index in [-0.39, 0.29) is 5.97 Å². The molecule has 0 aliphatic carbocycles. The molecule has 162 valence electrons. The molecule has 3 nitrogen and oxygen atoms in total. The number of hydrogen-bond donors (Lipinski definition) is 1. The molecule has 2 aromatic carbocycles. The van der Waals surface area contributed by atoms with Crippen LogP contribution in [-0.4, -0.2) is 16.7 Å². The molecular formula is C27H36O3. The fourth-order valence-corrected chi connectivity index (χ4v) is 2.11. The Morgan fingerprint density at radius 3 is 1.80 bits per heavy atom. The lowest BCUT2D eigenvalue weighted by Gasteiger charge is -2.17. The highest BCUT2D eigenvalue weighted by Crippen LogP contribution is 2.15. The summed E-state index contributed by atoms with van der Waals surface area (Å²) in [5.74, 6) is 0.543. The molecule has 0 unspecified atom stereocenters. The van der Waals surface area contributed by atoms with Gasteiger partial charge >= 0.3 is 5.97 Å². The van der Waals surface area contributed by atoms with Gasteiger partial charge in [0.2, 0.25) is 0 Å². The Hall–Kier alpha value is -3.07. The highest BCUT2D eigenvalue weighted by molar-refractivity contribution is 5.81. The van der Waals surface area contributed by atoms with Gasteiger partial charge in [0.25, 0.3) is 0 Å². The Kier molecular flexibility index (Phi) is 11.9. The Labute approximate surface area is 182 Å². The zero-order valence-corrected chi connectivity index (χ0v) is 19.2. The number of rotatable bonds is 4. The van der Waals surface area contributed by atoms with E-state index in [1.165, 1.54) is 11.1 Å². The standard InChI is InChI=1S/C11H14.C9H10O.C7H12O2/c1-4-10-5-7-11(8-6-10)9(2)3;1-7(2)8-3-5-9(10)6-4-8;1-5-6(8)9-7(2,3)4/h4-9H,1H2,2-3H3;3-6,10H,1H2,2H3;5H,1H2,2-4H3. The number of benzene rings is 2. The summed E-state index contributed by atoms with van der Waals surface area (Å²) in [5.41, 5.74) is 4.26. The van der Waals surface area contributed by atoms with Crippen molar-refractivity contribution >= 4 is 17.6 Å². The lowest BCUT2D eigenvalue weighted by molar-refractivity contribution is -0.148. The number of carbonyl (C=O) groups is 1. The van der Waals surface area contributed by atoms with Crippen LogP contribution in [0.1, 0.15) is 64.2 Å². The van der Waals surface area contributed by atoms with E-state index < -0.39 is 5.60 Å². The summed E-state index contributed by atoms with van der Waals surface area (Å²) in [6.45, 7) is 22.5. The number of hydrogen-bond acceptors (Lipinski definition) is 3. The third-order valence-corrected chi connectivity index (χ3v) is 3.77. The fraction of sp³-hybridized carbons (Fsp3) is 0.296. The minimum absolute atomic E-state index is 0.296. The van der Waals surface area contributed by atoms with E-state index in [1.807, 2.05) is 45.9 Å². The monoisotopic (exact) mass is 408 g/mol. The second-order valence-corrected chi connectivity index (χ2v) is 8.09. The predicted molar refractivity (Wildman–Crippen MR) is 129 cm³/mol. The zero-order chi connectivity index (χ0) is 23.3. The molecular weight excluding hydrogens is 372 g/mol. The van der Waals surface area contributed by atoms with Crippen LogP contribution >= 0.6 is 0 Å². The molecule has 0 saturated heterocycles. The third-order valence-electron chi connectivity index (χ3n) is 3.77. The van der Waals surface area contributed by atoms with Crippen LogP contribution in [0.2, 0.25) is 0 Å². The Morgan fingerprint density at radius 1 is 1.00 bits per heavy atom. The van der Waals surface area contributed by atoms with E-state index in [4.69, 9.17) is 9.84 Å². The van der Waals surface area contributed by atoms with Crippen molar-refractivity contribution in [1.29, 1.82) is 0 Å². The molecule has 0 amide bonds. The van der Waals surface area contributed by atoms with Gasteiger partial charge in [-0.2, -0.15) is 0 Å². The highest BCUT2D eigenvalue weighted by Gasteiger charge is 2.12. The van der Waals surface area contributed by atoms with Crippen LogP contribution in [0.25, 0.3) is 11.6 Å². The minimum atomic E-state index is -0.398. The van der Waals surface area contributed by atoms with Crippen LogP contribution in [0.3, 0.4) is 0 Å². The SMILES string of the molecule is C=C(C)c1ccc(O)cc1.C=CC(=O)OC(C)(C)C.C=Cc1ccc(C(C)C)cc1. The van der Waals surface area contributed by atoms with E-state index >= 15 is 0 Å². The molecule has 2 aromatic rings. The molecule has 0 radical (unpaired) electrons. The molecule has 0 bridgehead atoms. The lowest BCUT2D eigenvalue weighted by Crippen LogP contribution is -2.22. The Bertz CT molecular complexity index is 805. The van der Waals surface area contributed by atoms with Gasteiger partial charge in [-0.25, -0.2) is 4.79 Å². The molecule has 30 heavy (non-hydrogen) atoms. The first-order chi connectivity index (χ1) is 13.9. The van der Waals surface area contributed by atoms with Crippen LogP contribution in [0.5, 0.6) is 5.75 Å². The molecule has 0 atom stereocenters. The van der Waals surface area contributed by atoms with Crippen LogP contribution in [0, 0.1) is 0 Å². The maximum atomic E-state index is 10.5. The molecule has 0 aliphatic rings. The van der Waals surface area contributed by atoms with Crippen molar-refractivity contribution in [3.8, 4) is 5.75 Å². The summed E-state index contributed by atoms with van der Waals surface area (Å²) in [4.78, 5) is 10.5. The zero-order valence-electron chi connectivity index (χ0n) is 19.2. The molecule has 0 saturated carbocycles. The lowest BCUT2D eigenvalue weighted by atomic mass is 10.0. The average Bonchev–Trinajstić information content (AvgIpc) is 2.68. The van der Waals surface area contributed by atoms with Crippen LogP contribution in [0.15, 0.2) is 74.3 Å². The number of carbonyl (C=O) groups excluding carboxylic acids is 1. The van der Waals surface area contributed by atoms with Gasteiger partial charge in [0.1, 0.15) is 11.4 Å². The molecule has 0 spiro atoms. The maximum absolute atomic E-state index is 10.5. The van der Waals surface area contributed by atoms with E-state index in [0.717, 1.165) is 17.2 Å². The number of ether oxygens (including phenoxy) is 1. The van der Waals surface area contributed by atoms with Gasteiger partial charge in [-0.05, 0) is 62.4 Å². The minimum Gasteiger partial charge on any atom is -0.508 e. The average molecular weight is 409 g/mol. The first-order valence-corrected chi connectivity index (χ1v) is 9.92. The number of phenols is 1. The predicted octanol–water partition coefficient (Wildman–Crippen LogP) is 7.39. The Balaban J connectivity index is 0.000000423. The smallest absolute Gasteiger partial charge is 0.330 e. The molecule has 0 heterocycles. The van der Waals surface area contributed by atoms with Gasteiger partial charge in [0, 0.05) is 6.08 Å². The van der Waals surface area contributed by atoms with E-state index in [2.05, 4.69) is 57.8 Å². The van der Waals surface area contributed by atoms with E-state index in [1.54, 1.807) is 12.1 Å². The summed E-state index contributed by atoms with van der Waals surface area (Å²) < 4.78 is 4.83. The van der Waals surface area contributed by atoms with Gasteiger partial charge in [0.05, 0.1) is 0 Å². The van der Waals surface area contributed by atoms with Crippen molar-refractivity contribution < 1.29 is 14.6 Å². The first-order valence-electron chi connectivity index (χ1n) is 9.92. The number of phenolic OH excluding ortho intramolecular Hbond substituents is 1. The number of esters is 1. The molecule has 0 aromatic heterocycles. The Morgan fingerprint density at radius 2 is 1.50 bits per heavy atom. The van der Waals surface area contributed by atoms with E-state index in [9.17, 15) is 4.79 Å². The van der Waals surface area contributed by atoms with Crippen molar-refractivity contribution in [2.75, 3.05) is 0 Å². The van der Waals surface area contributed by atoms with Crippen LogP contribution < -0.4 is 0 Å². The second kappa shape index (κ2) is 13.2. The third kappa shape index (κ3) is 12.4. The van der Waals surface area contributed by atoms with Gasteiger partial charge in [-0.1, -0.05) is 81.6 Å². The van der Waals surface area contributed by atoms with Crippen molar-refractivity contribution in [2.45, 2.75) is 53.1 Å². The highest BCUT2D eigenvalue weighted by atomic mass is 16.6. The largest absolute Gasteiger partial charge is 0.508 e. The number of allylic oxidation sites excluding steroid dienone is 1. The molecule has 1 N–H and O–H groups in total. The summed E-state index contributed by atoms with van der Waals surface area (Å²) in [6.07, 6.45) is 3.02. The van der Waals surface area contributed by atoms with Crippen LogP contribution in [-0.2, 0) is 9.53 Å². The summed E-state index contributed by atoms with van der Waals surface area (Å²) >= 11 is 0. The summed E-state index contributed by atoms with van der Waals surface area (Å²) in [6, 6.07) is 15.5. The quantitative estimate of drug-likeness (QED) is 0.424. The summed E-state index contributed by atoms with van der Waals surface area (Å²) in [5, 5.41) is 8.91. The first kappa shape index (κ1) is 26.9. The topological polar surface area (TPSA) is 46.5 Å².